The summed E-state index contributed by atoms with van der Waals surface area (Å²) in [6, 6.07) is 3.19. The average Bonchev–Trinajstić information content (AvgIpc) is 2.98. The summed E-state index contributed by atoms with van der Waals surface area (Å²) in [6.07, 6.45) is 4.97. The highest BCUT2D eigenvalue weighted by molar-refractivity contribution is 5.86. The quantitative estimate of drug-likeness (QED) is 0.819. The van der Waals surface area contributed by atoms with Gasteiger partial charge in [0.1, 0.15) is 11.9 Å². The summed E-state index contributed by atoms with van der Waals surface area (Å²) in [5.41, 5.74) is 0. The summed E-state index contributed by atoms with van der Waals surface area (Å²) < 4.78 is 9.83. The normalized spacial score (nSPS) is 18.2. The van der Waals surface area contributed by atoms with Crippen LogP contribution in [0.5, 0.6) is 0 Å². The lowest BCUT2D eigenvalue weighted by Crippen LogP contribution is -2.03. The SMILES string of the molecule is COC(=O)c1ccc(C(O)CC2CCCC2)o1. The molecule has 2 rings (SSSR count). The van der Waals surface area contributed by atoms with E-state index >= 15 is 0 Å². The Labute approximate surface area is 101 Å². The van der Waals surface area contributed by atoms with Gasteiger partial charge in [0, 0.05) is 0 Å². The molecule has 94 valence electrons. The molecule has 1 atom stereocenters. The molecule has 1 aromatic rings. The van der Waals surface area contributed by atoms with Crippen LogP contribution in [0.15, 0.2) is 16.5 Å². The Hall–Kier alpha value is -1.29. The second-order valence-electron chi connectivity index (χ2n) is 4.60. The van der Waals surface area contributed by atoms with Gasteiger partial charge in [-0.2, -0.15) is 0 Å². The van der Waals surface area contributed by atoms with E-state index in [4.69, 9.17) is 4.42 Å². The molecule has 0 saturated heterocycles. The number of ether oxygens (including phenoxy) is 1. The fourth-order valence-electron chi connectivity index (χ4n) is 2.42. The lowest BCUT2D eigenvalue weighted by Gasteiger charge is -2.12. The van der Waals surface area contributed by atoms with E-state index in [1.54, 1.807) is 12.1 Å². The summed E-state index contributed by atoms with van der Waals surface area (Å²) in [6.45, 7) is 0. The van der Waals surface area contributed by atoms with Gasteiger partial charge in [0.25, 0.3) is 0 Å². The van der Waals surface area contributed by atoms with Crippen LogP contribution in [0.25, 0.3) is 0 Å². The Morgan fingerprint density at radius 1 is 1.53 bits per heavy atom. The van der Waals surface area contributed by atoms with Gasteiger partial charge < -0.3 is 14.3 Å². The first-order chi connectivity index (χ1) is 8.20. The number of hydrogen-bond donors (Lipinski definition) is 1. The van der Waals surface area contributed by atoms with E-state index in [1.807, 2.05) is 0 Å². The molecule has 1 fully saturated rings. The maximum absolute atomic E-state index is 11.2. The fraction of sp³-hybridized carbons (Fsp3) is 0.615. The molecule has 1 N–H and O–H groups in total. The van der Waals surface area contributed by atoms with Crippen molar-refractivity contribution >= 4 is 5.97 Å². The number of carbonyl (C=O) groups is 1. The molecule has 1 unspecified atom stereocenters. The predicted octanol–water partition coefficient (Wildman–Crippen LogP) is 2.68. The third-order valence-corrected chi connectivity index (χ3v) is 3.37. The molecule has 1 aliphatic rings. The minimum Gasteiger partial charge on any atom is -0.463 e. The van der Waals surface area contributed by atoms with Crippen LogP contribution < -0.4 is 0 Å². The topological polar surface area (TPSA) is 59.7 Å². The van der Waals surface area contributed by atoms with E-state index < -0.39 is 12.1 Å². The number of aliphatic hydroxyl groups excluding tert-OH is 1. The first-order valence-electron chi connectivity index (χ1n) is 6.07. The van der Waals surface area contributed by atoms with Gasteiger partial charge in [-0.25, -0.2) is 4.79 Å². The van der Waals surface area contributed by atoms with E-state index in [1.165, 1.54) is 32.8 Å². The predicted molar refractivity (Wildman–Crippen MR) is 61.6 cm³/mol. The van der Waals surface area contributed by atoms with Gasteiger partial charge in [0.05, 0.1) is 7.11 Å². The largest absolute Gasteiger partial charge is 0.463 e. The zero-order chi connectivity index (χ0) is 12.3. The molecule has 0 aromatic carbocycles. The number of carbonyl (C=O) groups excluding carboxylic acids is 1. The van der Waals surface area contributed by atoms with Crippen molar-refractivity contribution in [1.82, 2.24) is 0 Å². The lowest BCUT2D eigenvalue weighted by molar-refractivity contribution is 0.0551. The van der Waals surface area contributed by atoms with Crippen LogP contribution in [0.4, 0.5) is 0 Å². The number of methoxy groups -OCH3 is 1. The summed E-state index contributed by atoms with van der Waals surface area (Å²) in [7, 11) is 1.31. The molecule has 0 aliphatic heterocycles. The molecule has 17 heavy (non-hydrogen) atoms. The monoisotopic (exact) mass is 238 g/mol. The van der Waals surface area contributed by atoms with Gasteiger partial charge >= 0.3 is 5.97 Å². The molecule has 0 bridgehead atoms. The van der Waals surface area contributed by atoms with Crippen molar-refractivity contribution < 1.29 is 19.1 Å². The lowest BCUT2D eigenvalue weighted by atomic mass is 9.99. The number of rotatable bonds is 4. The molecule has 0 amide bonds. The van der Waals surface area contributed by atoms with Crippen LogP contribution >= 0.6 is 0 Å². The number of aliphatic hydroxyl groups is 1. The van der Waals surface area contributed by atoms with Crippen LogP contribution in [0.3, 0.4) is 0 Å². The van der Waals surface area contributed by atoms with Crippen LogP contribution in [-0.2, 0) is 4.74 Å². The van der Waals surface area contributed by atoms with Crippen LogP contribution in [0.2, 0.25) is 0 Å². The van der Waals surface area contributed by atoms with Gasteiger partial charge in [-0.1, -0.05) is 25.7 Å². The average molecular weight is 238 g/mol. The summed E-state index contributed by atoms with van der Waals surface area (Å²) in [4.78, 5) is 11.2. The van der Waals surface area contributed by atoms with Crippen molar-refractivity contribution in [1.29, 1.82) is 0 Å². The molecule has 1 aromatic heterocycles. The number of hydrogen-bond acceptors (Lipinski definition) is 4. The first kappa shape index (κ1) is 12.2. The van der Waals surface area contributed by atoms with Gasteiger partial charge in [0.15, 0.2) is 0 Å². The fourth-order valence-corrected chi connectivity index (χ4v) is 2.42. The van der Waals surface area contributed by atoms with Gasteiger partial charge in [-0.05, 0) is 24.5 Å². The summed E-state index contributed by atoms with van der Waals surface area (Å²) >= 11 is 0. The molecule has 4 nitrogen and oxygen atoms in total. The van der Waals surface area contributed by atoms with E-state index in [2.05, 4.69) is 4.74 Å². The van der Waals surface area contributed by atoms with E-state index in [-0.39, 0.29) is 5.76 Å². The molecule has 4 heteroatoms. The molecule has 1 aliphatic carbocycles. The maximum Gasteiger partial charge on any atom is 0.373 e. The highest BCUT2D eigenvalue weighted by atomic mass is 16.5. The third-order valence-electron chi connectivity index (χ3n) is 3.37. The zero-order valence-corrected chi connectivity index (χ0v) is 10.0. The minimum absolute atomic E-state index is 0.146. The second-order valence-corrected chi connectivity index (χ2v) is 4.60. The Morgan fingerprint density at radius 2 is 2.24 bits per heavy atom. The molecule has 1 heterocycles. The van der Waals surface area contributed by atoms with Crippen LogP contribution in [-0.4, -0.2) is 18.2 Å². The van der Waals surface area contributed by atoms with Crippen molar-refractivity contribution in [2.24, 2.45) is 5.92 Å². The van der Waals surface area contributed by atoms with Gasteiger partial charge in [0.2, 0.25) is 5.76 Å². The molecule has 0 spiro atoms. The third kappa shape index (κ3) is 2.88. The van der Waals surface area contributed by atoms with E-state index in [9.17, 15) is 9.90 Å². The van der Waals surface area contributed by atoms with Crippen molar-refractivity contribution in [2.45, 2.75) is 38.2 Å². The highest BCUT2D eigenvalue weighted by Crippen LogP contribution is 2.33. The van der Waals surface area contributed by atoms with Gasteiger partial charge in [-0.15, -0.1) is 0 Å². The van der Waals surface area contributed by atoms with Crippen LogP contribution in [0, 0.1) is 5.92 Å². The Balaban J connectivity index is 1.96. The van der Waals surface area contributed by atoms with Crippen molar-refractivity contribution in [2.75, 3.05) is 7.11 Å². The van der Waals surface area contributed by atoms with Crippen molar-refractivity contribution in [3.05, 3.63) is 23.7 Å². The second kappa shape index (κ2) is 5.36. The summed E-state index contributed by atoms with van der Waals surface area (Å²) in [5, 5.41) is 10.0. The maximum atomic E-state index is 11.2. The molecule has 0 radical (unpaired) electrons. The Kier molecular flexibility index (Phi) is 3.84. The highest BCUT2D eigenvalue weighted by Gasteiger charge is 2.22. The standard InChI is InChI=1S/C13H18O4/c1-16-13(15)12-7-6-11(17-12)10(14)8-9-4-2-3-5-9/h6-7,9-10,14H,2-5,8H2,1H3. The van der Waals surface area contributed by atoms with Crippen LogP contribution in [0.1, 0.15) is 54.5 Å². The molecular weight excluding hydrogens is 220 g/mol. The summed E-state index contributed by atoms with van der Waals surface area (Å²) in [5.74, 6) is 0.672. The Bertz CT molecular complexity index is 377. The Morgan fingerprint density at radius 3 is 2.88 bits per heavy atom. The molecule has 1 saturated carbocycles. The van der Waals surface area contributed by atoms with Crippen molar-refractivity contribution in [3.63, 3.8) is 0 Å². The first-order valence-corrected chi connectivity index (χ1v) is 6.07. The number of furan rings is 1. The zero-order valence-electron chi connectivity index (χ0n) is 10.0. The number of esters is 1. The van der Waals surface area contributed by atoms with E-state index in [0.717, 1.165) is 0 Å². The molecular formula is C13H18O4. The van der Waals surface area contributed by atoms with E-state index in [0.29, 0.717) is 18.1 Å². The van der Waals surface area contributed by atoms with Gasteiger partial charge in [-0.3, -0.25) is 0 Å². The van der Waals surface area contributed by atoms with Crippen molar-refractivity contribution in [3.8, 4) is 0 Å². The minimum atomic E-state index is -0.614. The smallest absolute Gasteiger partial charge is 0.373 e.